The standard InChI is InChI=1S/C14H12N2/c15-8-7-12-3-5-13(6-4-12)10-14-2-1-9-16-11-14/h1-6,9,11H,7,10H2. The van der Waals surface area contributed by atoms with Gasteiger partial charge in [0.15, 0.2) is 0 Å². The Morgan fingerprint density at radius 2 is 1.75 bits per heavy atom. The van der Waals surface area contributed by atoms with E-state index in [0.717, 1.165) is 12.0 Å². The fraction of sp³-hybridized carbons (Fsp3) is 0.143. The second-order valence-corrected chi connectivity index (χ2v) is 3.69. The quantitative estimate of drug-likeness (QED) is 0.777. The van der Waals surface area contributed by atoms with Gasteiger partial charge in [0.25, 0.3) is 0 Å². The molecular weight excluding hydrogens is 196 g/mol. The zero-order valence-electron chi connectivity index (χ0n) is 8.93. The van der Waals surface area contributed by atoms with Crippen LogP contribution in [0.25, 0.3) is 0 Å². The van der Waals surface area contributed by atoms with Gasteiger partial charge < -0.3 is 0 Å². The molecule has 0 aliphatic heterocycles. The Morgan fingerprint density at radius 3 is 2.38 bits per heavy atom. The van der Waals surface area contributed by atoms with Crippen LogP contribution in [0.5, 0.6) is 0 Å². The number of pyridine rings is 1. The van der Waals surface area contributed by atoms with E-state index in [1.54, 1.807) is 6.20 Å². The Labute approximate surface area is 95.2 Å². The number of hydrogen-bond donors (Lipinski definition) is 0. The largest absolute Gasteiger partial charge is 0.264 e. The summed E-state index contributed by atoms with van der Waals surface area (Å²) >= 11 is 0. The Balaban J connectivity index is 2.09. The lowest BCUT2D eigenvalue weighted by Crippen LogP contribution is -1.89. The van der Waals surface area contributed by atoms with Crippen molar-refractivity contribution in [3.63, 3.8) is 0 Å². The lowest BCUT2D eigenvalue weighted by molar-refractivity contribution is 1.14. The third kappa shape index (κ3) is 2.68. The van der Waals surface area contributed by atoms with E-state index in [2.05, 4.69) is 29.3 Å². The van der Waals surface area contributed by atoms with Crippen LogP contribution < -0.4 is 0 Å². The molecular formula is C14H12N2. The molecule has 0 aliphatic carbocycles. The van der Waals surface area contributed by atoms with Gasteiger partial charge in [-0.1, -0.05) is 30.3 Å². The van der Waals surface area contributed by atoms with Gasteiger partial charge in [-0.2, -0.15) is 5.26 Å². The third-order valence-corrected chi connectivity index (χ3v) is 2.44. The summed E-state index contributed by atoms with van der Waals surface area (Å²) in [4.78, 5) is 4.08. The van der Waals surface area contributed by atoms with Crippen molar-refractivity contribution >= 4 is 0 Å². The third-order valence-electron chi connectivity index (χ3n) is 2.44. The smallest absolute Gasteiger partial charge is 0.0669 e. The summed E-state index contributed by atoms with van der Waals surface area (Å²) in [6, 6.07) is 14.3. The molecule has 16 heavy (non-hydrogen) atoms. The molecule has 1 heterocycles. The number of hydrogen-bond acceptors (Lipinski definition) is 2. The van der Waals surface area contributed by atoms with Crippen LogP contribution in [0.15, 0.2) is 48.8 Å². The number of benzene rings is 1. The van der Waals surface area contributed by atoms with Gasteiger partial charge in [0, 0.05) is 12.4 Å². The topological polar surface area (TPSA) is 36.7 Å². The van der Waals surface area contributed by atoms with Gasteiger partial charge in [0.1, 0.15) is 0 Å². The average Bonchev–Trinajstić information content (AvgIpc) is 2.33. The fourth-order valence-corrected chi connectivity index (χ4v) is 1.60. The van der Waals surface area contributed by atoms with E-state index in [1.807, 2.05) is 24.4 Å². The first kappa shape index (κ1) is 10.4. The highest BCUT2D eigenvalue weighted by Crippen LogP contribution is 2.10. The van der Waals surface area contributed by atoms with Crippen molar-refractivity contribution in [1.82, 2.24) is 4.98 Å². The van der Waals surface area contributed by atoms with Crippen LogP contribution >= 0.6 is 0 Å². The molecule has 0 atom stereocenters. The van der Waals surface area contributed by atoms with Gasteiger partial charge >= 0.3 is 0 Å². The van der Waals surface area contributed by atoms with Crippen molar-refractivity contribution in [2.75, 3.05) is 0 Å². The fourth-order valence-electron chi connectivity index (χ4n) is 1.60. The molecule has 0 radical (unpaired) electrons. The molecule has 0 saturated carbocycles. The maximum atomic E-state index is 8.57. The number of aromatic nitrogens is 1. The van der Waals surface area contributed by atoms with Crippen LogP contribution in [0.2, 0.25) is 0 Å². The van der Waals surface area contributed by atoms with Crippen molar-refractivity contribution < 1.29 is 0 Å². The van der Waals surface area contributed by atoms with E-state index in [0.29, 0.717) is 6.42 Å². The van der Waals surface area contributed by atoms with Gasteiger partial charge in [-0.15, -0.1) is 0 Å². The zero-order chi connectivity index (χ0) is 11.2. The molecule has 2 nitrogen and oxygen atoms in total. The number of nitrogens with zero attached hydrogens (tertiary/aromatic N) is 2. The molecule has 2 aromatic rings. The van der Waals surface area contributed by atoms with Gasteiger partial charge in [0.05, 0.1) is 12.5 Å². The summed E-state index contributed by atoms with van der Waals surface area (Å²) in [7, 11) is 0. The molecule has 2 rings (SSSR count). The van der Waals surface area contributed by atoms with Gasteiger partial charge in [-0.25, -0.2) is 0 Å². The molecule has 0 saturated heterocycles. The minimum absolute atomic E-state index is 0.479. The molecule has 1 aromatic heterocycles. The van der Waals surface area contributed by atoms with Crippen molar-refractivity contribution in [1.29, 1.82) is 5.26 Å². The highest BCUT2D eigenvalue weighted by molar-refractivity contribution is 5.28. The first-order valence-corrected chi connectivity index (χ1v) is 5.22. The predicted octanol–water partition coefficient (Wildman–Crippen LogP) is 2.74. The monoisotopic (exact) mass is 208 g/mol. The summed E-state index contributed by atoms with van der Waals surface area (Å²) in [5.74, 6) is 0. The molecule has 2 heteroatoms. The highest BCUT2D eigenvalue weighted by Gasteiger charge is 1.96. The van der Waals surface area contributed by atoms with Gasteiger partial charge in [-0.05, 0) is 29.2 Å². The van der Waals surface area contributed by atoms with E-state index >= 15 is 0 Å². The maximum Gasteiger partial charge on any atom is 0.0669 e. The van der Waals surface area contributed by atoms with E-state index in [4.69, 9.17) is 5.26 Å². The Hall–Kier alpha value is -2.14. The Morgan fingerprint density at radius 1 is 1.00 bits per heavy atom. The van der Waals surface area contributed by atoms with E-state index < -0.39 is 0 Å². The summed E-state index contributed by atoms with van der Waals surface area (Å²) in [5, 5.41) is 8.57. The second-order valence-electron chi connectivity index (χ2n) is 3.69. The molecule has 1 aromatic carbocycles. The molecule has 0 N–H and O–H groups in total. The SMILES string of the molecule is N#CCc1ccc(Cc2cccnc2)cc1. The van der Waals surface area contributed by atoms with E-state index in [1.165, 1.54) is 11.1 Å². The normalized spacial score (nSPS) is 9.69. The van der Waals surface area contributed by atoms with Crippen LogP contribution in [0, 0.1) is 11.3 Å². The lowest BCUT2D eigenvalue weighted by Gasteiger charge is -2.02. The molecule has 0 fully saturated rings. The minimum Gasteiger partial charge on any atom is -0.264 e. The minimum atomic E-state index is 0.479. The van der Waals surface area contributed by atoms with Gasteiger partial charge in [-0.3, -0.25) is 4.98 Å². The van der Waals surface area contributed by atoms with E-state index in [9.17, 15) is 0 Å². The first-order chi connectivity index (χ1) is 7.88. The average molecular weight is 208 g/mol. The van der Waals surface area contributed by atoms with Crippen molar-refractivity contribution in [3.8, 4) is 6.07 Å². The summed E-state index contributed by atoms with van der Waals surface area (Å²) in [6.45, 7) is 0. The number of rotatable bonds is 3. The van der Waals surface area contributed by atoms with Crippen molar-refractivity contribution in [3.05, 3.63) is 65.5 Å². The molecule has 78 valence electrons. The second kappa shape index (κ2) is 5.09. The van der Waals surface area contributed by atoms with Crippen LogP contribution in [-0.2, 0) is 12.8 Å². The highest BCUT2D eigenvalue weighted by atomic mass is 14.6. The molecule has 0 unspecified atom stereocenters. The van der Waals surface area contributed by atoms with E-state index in [-0.39, 0.29) is 0 Å². The Bertz CT molecular complexity index is 480. The van der Waals surface area contributed by atoms with Crippen molar-refractivity contribution in [2.45, 2.75) is 12.8 Å². The molecule has 0 aliphatic rings. The maximum absolute atomic E-state index is 8.57. The predicted molar refractivity (Wildman–Crippen MR) is 62.8 cm³/mol. The van der Waals surface area contributed by atoms with Crippen LogP contribution in [0.4, 0.5) is 0 Å². The summed E-state index contributed by atoms with van der Waals surface area (Å²) < 4.78 is 0. The first-order valence-electron chi connectivity index (χ1n) is 5.22. The van der Waals surface area contributed by atoms with Crippen LogP contribution in [-0.4, -0.2) is 4.98 Å². The molecule has 0 amide bonds. The molecule has 0 spiro atoms. The summed E-state index contributed by atoms with van der Waals surface area (Å²) in [5.41, 5.74) is 3.52. The number of nitriles is 1. The lowest BCUT2D eigenvalue weighted by atomic mass is 10.0. The zero-order valence-corrected chi connectivity index (χ0v) is 8.93. The van der Waals surface area contributed by atoms with Crippen LogP contribution in [0.3, 0.4) is 0 Å². The van der Waals surface area contributed by atoms with Gasteiger partial charge in [0.2, 0.25) is 0 Å². The van der Waals surface area contributed by atoms with Crippen molar-refractivity contribution in [2.24, 2.45) is 0 Å². The summed E-state index contributed by atoms with van der Waals surface area (Å²) in [6.07, 6.45) is 5.02. The Kier molecular flexibility index (Phi) is 3.30. The van der Waals surface area contributed by atoms with Crippen LogP contribution in [0.1, 0.15) is 16.7 Å². The molecule has 0 bridgehead atoms.